The Bertz CT molecular complexity index is 656. The van der Waals surface area contributed by atoms with E-state index in [1.165, 1.54) is 11.3 Å². The molecule has 2 fully saturated rings. The summed E-state index contributed by atoms with van der Waals surface area (Å²) in [6.45, 7) is 8.18. The molecule has 4 heterocycles. The lowest BCUT2D eigenvalue weighted by Gasteiger charge is -2.31. The Hall–Kier alpha value is -1.21. The SMILES string of the molecule is Cn1ccnc1CN1CCC2(COCCN(Cc3cccs3)C2)C1. The van der Waals surface area contributed by atoms with E-state index in [9.17, 15) is 0 Å². The zero-order chi connectivity index (χ0) is 16.4. The molecule has 0 aliphatic carbocycles. The molecule has 0 radical (unpaired) electrons. The summed E-state index contributed by atoms with van der Waals surface area (Å²) in [7, 11) is 2.08. The minimum atomic E-state index is 0.277. The van der Waals surface area contributed by atoms with Crippen LogP contribution < -0.4 is 0 Å². The highest BCUT2D eigenvalue weighted by atomic mass is 32.1. The van der Waals surface area contributed by atoms with E-state index in [4.69, 9.17) is 4.74 Å². The number of thiophene rings is 1. The number of ether oxygens (including phenoxy) is 1. The lowest BCUT2D eigenvalue weighted by molar-refractivity contribution is 0.0704. The fourth-order valence-electron chi connectivity index (χ4n) is 4.00. The molecule has 5 nitrogen and oxygen atoms in total. The second kappa shape index (κ2) is 6.96. The first-order chi connectivity index (χ1) is 11.7. The molecule has 1 atom stereocenters. The molecule has 4 rings (SSSR count). The van der Waals surface area contributed by atoms with Crippen molar-refractivity contribution in [1.82, 2.24) is 19.4 Å². The highest BCUT2D eigenvalue weighted by Crippen LogP contribution is 2.34. The van der Waals surface area contributed by atoms with Gasteiger partial charge >= 0.3 is 0 Å². The second-order valence-corrected chi connectivity index (χ2v) is 8.29. The van der Waals surface area contributed by atoms with Crippen LogP contribution in [0.2, 0.25) is 0 Å². The zero-order valence-corrected chi connectivity index (χ0v) is 15.2. The topological polar surface area (TPSA) is 33.5 Å². The van der Waals surface area contributed by atoms with E-state index in [0.29, 0.717) is 0 Å². The highest BCUT2D eigenvalue weighted by molar-refractivity contribution is 7.09. The standard InChI is InChI=1S/C18H26N4OS/c1-20-7-5-19-17(20)12-21-6-4-18(13-21)14-22(8-9-23-15-18)11-16-3-2-10-24-16/h2-3,5,7,10H,4,6,8-9,11-15H2,1H3. The zero-order valence-electron chi connectivity index (χ0n) is 14.4. The van der Waals surface area contributed by atoms with Gasteiger partial charge < -0.3 is 9.30 Å². The van der Waals surface area contributed by atoms with Gasteiger partial charge in [-0.25, -0.2) is 4.98 Å². The molecule has 2 aromatic heterocycles. The fraction of sp³-hybridized carbons (Fsp3) is 0.611. The molecule has 1 spiro atoms. The van der Waals surface area contributed by atoms with Gasteiger partial charge in [-0.1, -0.05) is 6.07 Å². The summed E-state index contributed by atoms with van der Waals surface area (Å²) in [5.41, 5.74) is 0.277. The first-order valence-corrected chi connectivity index (χ1v) is 9.62. The number of hydrogen-bond donors (Lipinski definition) is 0. The molecule has 6 heteroatoms. The fourth-order valence-corrected chi connectivity index (χ4v) is 4.74. The summed E-state index contributed by atoms with van der Waals surface area (Å²) in [5.74, 6) is 1.15. The molecule has 2 saturated heterocycles. The molecule has 2 aliphatic rings. The summed E-state index contributed by atoms with van der Waals surface area (Å²) in [6.07, 6.45) is 5.13. The summed E-state index contributed by atoms with van der Waals surface area (Å²) in [5, 5.41) is 2.17. The average Bonchev–Trinajstić information content (AvgIpc) is 3.26. The lowest BCUT2D eigenvalue weighted by atomic mass is 9.87. The van der Waals surface area contributed by atoms with Gasteiger partial charge in [-0.15, -0.1) is 11.3 Å². The predicted octanol–water partition coefficient (Wildman–Crippen LogP) is 2.21. The van der Waals surface area contributed by atoms with Gasteiger partial charge in [-0.05, 0) is 24.4 Å². The van der Waals surface area contributed by atoms with Crippen molar-refractivity contribution in [3.63, 3.8) is 0 Å². The summed E-state index contributed by atoms with van der Waals surface area (Å²) >= 11 is 1.86. The monoisotopic (exact) mass is 346 g/mol. The van der Waals surface area contributed by atoms with Gasteiger partial charge in [0.05, 0.1) is 19.8 Å². The Balaban J connectivity index is 1.41. The molecule has 24 heavy (non-hydrogen) atoms. The van der Waals surface area contributed by atoms with Gasteiger partial charge in [0.25, 0.3) is 0 Å². The third-order valence-electron chi connectivity index (χ3n) is 5.28. The van der Waals surface area contributed by atoms with E-state index in [-0.39, 0.29) is 5.41 Å². The Morgan fingerprint density at radius 1 is 1.25 bits per heavy atom. The van der Waals surface area contributed by atoms with Crippen molar-refractivity contribution < 1.29 is 4.74 Å². The number of aromatic nitrogens is 2. The van der Waals surface area contributed by atoms with Crippen LogP contribution in [0.5, 0.6) is 0 Å². The maximum absolute atomic E-state index is 6.00. The van der Waals surface area contributed by atoms with Crippen molar-refractivity contribution in [3.8, 4) is 0 Å². The van der Waals surface area contributed by atoms with Crippen molar-refractivity contribution in [3.05, 3.63) is 40.6 Å². The largest absolute Gasteiger partial charge is 0.379 e. The molecule has 0 aromatic carbocycles. The van der Waals surface area contributed by atoms with E-state index < -0.39 is 0 Å². The lowest BCUT2D eigenvalue weighted by Crippen LogP contribution is -2.40. The van der Waals surface area contributed by atoms with Crippen molar-refractivity contribution in [2.75, 3.05) is 39.4 Å². The van der Waals surface area contributed by atoms with E-state index in [1.54, 1.807) is 0 Å². The highest BCUT2D eigenvalue weighted by Gasteiger charge is 2.41. The van der Waals surface area contributed by atoms with Crippen LogP contribution in [0.25, 0.3) is 0 Å². The minimum absolute atomic E-state index is 0.277. The minimum Gasteiger partial charge on any atom is -0.379 e. The van der Waals surface area contributed by atoms with Crippen molar-refractivity contribution in [2.24, 2.45) is 12.5 Å². The maximum atomic E-state index is 6.00. The molecule has 1 unspecified atom stereocenters. The van der Waals surface area contributed by atoms with Crippen molar-refractivity contribution >= 4 is 11.3 Å². The van der Waals surface area contributed by atoms with E-state index >= 15 is 0 Å². The van der Waals surface area contributed by atoms with Gasteiger partial charge in [0.2, 0.25) is 0 Å². The van der Waals surface area contributed by atoms with Crippen LogP contribution in [0.3, 0.4) is 0 Å². The van der Waals surface area contributed by atoms with Crippen LogP contribution in [0.4, 0.5) is 0 Å². The number of aryl methyl sites for hydroxylation is 1. The Morgan fingerprint density at radius 3 is 2.88 bits per heavy atom. The van der Waals surface area contributed by atoms with Crippen LogP contribution in [-0.4, -0.2) is 58.7 Å². The third-order valence-corrected chi connectivity index (χ3v) is 6.14. The number of imidazole rings is 1. The number of rotatable bonds is 4. The van der Waals surface area contributed by atoms with Crippen LogP contribution >= 0.6 is 11.3 Å². The van der Waals surface area contributed by atoms with Crippen LogP contribution in [0.1, 0.15) is 17.1 Å². The summed E-state index contributed by atoms with van der Waals surface area (Å²) in [4.78, 5) is 11.1. The normalized spacial score (nSPS) is 26.2. The average molecular weight is 347 g/mol. The van der Waals surface area contributed by atoms with Gasteiger partial charge in [-0.2, -0.15) is 0 Å². The van der Waals surface area contributed by atoms with Crippen molar-refractivity contribution in [1.29, 1.82) is 0 Å². The first kappa shape index (κ1) is 16.3. The molecule has 2 aliphatic heterocycles. The molecule has 0 N–H and O–H groups in total. The van der Waals surface area contributed by atoms with Crippen LogP contribution in [0, 0.1) is 5.41 Å². The maximum Gasteiger partial charge on any atom is 0.122 e. The molecular weight excluding hydrogens is 320 g/mol. The van der Waals surface area contributed by atoms with Gasteiger partial charge in [0, 0.05) is 55.9 Å². The summed E-state index contributed by atoms with van der Waals surface area (Å²) in [6, 6.07) is 4.39. The number of nitrogens with zero attached hydrogens (tertiary/aromatic N) is 4. The quantitative estimate of drug-likeness (QED) is 0.850. The van der Waals surface area contributed by atoms with E-state index in [2.05, 4.69) is 43.9 Å². The van der Waals surface area contributed by atoms with Crippen LogP contribution in [-0.2, 0) is 24.9 Å². The van der Waals surface area contributed by atoms with Crippen molar-refractivity contribution in [2.45, 2.75) is 19.5 Å². The van der Waals surface area contributed by atoms with E-state index in [0.717, 1.165) is 58.3 Å². The Labute approximate surface area is 147 Å². The number of likely N-dealkylation sites (tertiary alicyclic amines) is 1. The summed E-state index contributed by atoms with van der Waals surface area (Å²) < 4.78 is 8.13. The van der Waals surface area contributed by atoms with E-state index in [1.807, 2.05) is 23.7 Å². The molecule has 0 bridgehead atoms. The molecule has 130 valence electrons. The molecular formula is C18H26N4OS. The Kier molecular flexibility index (Phi) is 4.72. The van der Waals surface area contributed by atoms with Gasteiger partial charge in [0.1, 0.15) is 5.82 Å². The smallest absolute Gasteiger partial charge is 0.122 e. The van der Waals surface area contributed by atoms with Gasteiger partial charge in [0.15, 0.2) is 0 Å². The number of hydrogen-bond acceptors (Lipinski definition) is 5. The van der Waals surface area contributed by atoms with Gasteiger partial charge in [-0.3, -0.25) is 9.80 Å². The first-order valence-electron chi connectivity index (χ1n) is 8.74. The predicted molar refractivity (Wildman–Crippen MR) is 96.0 cm³/mol. The molecule has 0 amide bonds. The molecule has 2 aromatic rings. The van der Waals surface area contributed by atoms with Crippen LogP contribution in [0.15, 0.2) is 29.9 Å². The Morgan fingerprint density at radius 2 is 2.12 bits per heavy atom. The third kappa shape index (κ3) is 3.57. The molecule has 0 saturated carbocycles. The second-order valence-electron chi connectivity index (χ2n) is 7.26.